The van der Waals surface area contributed by atoms with E-state index < -0.39 is 0 Å². The highest BCUT2D eigenvalue weighted by atomic mass is 16.2. The van der Waals surface area contributed by atoms with E-state index >= 15 is 0 Å². The molecule has 1 atom stereocenters. The zero-order chi connectivity index (χ0) is 12.0. The summed E-state index contributed by atoms with van der Waals surface area (Å²) in [5, 5.41) is 5.30. The van der Waals surface area contributed by atoms with Gasteiger partial charge in [-0.05, 0) is 30.2 Å². The van der Waals surface area contributed by atoms with Crippen LogP contribution in [-0.4, -0.2) is 6.03 Å². The van der Waals surface area contributed by atoms with E-state index in [1.54, 1.807) is 0 Å². The molecular weight excluding hydrogens is 200 g/mol. The molecule has 0 aliphatic carbocycles. The smallest absolute Gasteiger partial charge is 0.315 e. The minimum Gasteiger partial charge on any atom is -0.315 e. The number of anilines is 1. The SMILES string of the molecule is C=CNC(=O)Nc1ccccc1C(C)CC. The monoisotopic (exact) mass is 218 g/mol. The van der Waals surface area contributed by atoms with Gasteiger partial charge in [0.15, 0.2) is 0 Å². The zero-order valence-electron chi connectivity index (χ0n) is 9.79. The molecule has 0 saturated heterocycles. The number of carbonyl (C=O) groups excluding carboxylic acids is 1. The Morgan fingerprint density at radius 2 is 2.19 bits per heavy atom. The van der Waals surface area contributed by atoms with E-state index in [0.717, 1.165) is 17.7 Å². The Labute approximate surface area is 96.6 Å². The van der Waals surface area contributed by atoms with E-state index in [0.29, 0.717) is 5.92 Å². The molecule has 1 aromatic rings. The molecule has 0 bridgehead atoms. The lowest BCUT2D eigenvalue weighted by molar-refractivity contribution is 0.255. The minimum absolute atomic E-state index is 0.259. The lowest BCUT2D eigenvalue weighted by atomic mass is 9.97. The Morgan fingerprint density at radius 3 is 2.81 bits per heavy atom. The van der Waals surface area contributed by atoms with Crippen molar-refractivity contribution in [2.75, 3.05) is 5.32 Å². The van der Waals surface area contributed by atoms with Gasteiger partial charge in [-0.1, -0.05) is 38.6 Å². The lowest BCUT2D eigenvalue weighted by Gasteiger charge is -2.15. The van der Waals surface area contributed by atoms with Crippen molar-refractivity contribution < 1.29 is 4.79 Å². The normalized spacial score (nSPS) is 11.6. The lowest BCUT2D eigenvalue weighted by Crippen LogP contribution is -2.24. The van der Waals surface area contributed by atoms with Gasteiger partial charge in [0.2, 0.25) is 0 Å². The third-order valence-corrected chi connectivity index (χ3v) is 2.59. The summed E-state index contributed by atoms with van der Waals surface area (Å²) in [6, 6.07) is 7.58. The first-order chi connectivity index (χ1) is 7.69. The number of nitrogens with one attached hydrogen (secondary N) is 2. The number of hydrogen-bond donors (Lipinski definition) is 2. The molecule has 1 unspecified atom stereocenters. The van der Waals surface area contributed by atoms with E-state index in [9.17, 15) is 4.79 Å². The largest absolute Gasteiger partial charge is 0.323 e. The summed E-state index contributed by atoms with van der Waals surface area (Å²) >= 11 is 0. The van der Waals surface area contributed by atoms with Gasteiger partial charge in [0.1, 0.15) is 0 Å². The maximum Gasteiger partial charge on any atom is 0.323 e. The van der Waals surface area contributed by atoms with Gasteiger partial charge in [0.05, 0.1) is 0 Å². The number of benzene rings is 1. The molecule has 0 radical (unpaired) electrons. The van der Waals surface area contributed by atoms with Gasteiger partial charge >= 0.3 is 6.03 Å². The number of carbonyl (C=O) groups is 1. The quantitative estimate of drug-likeness (QED) is 0.798. The van der Waals surface area contributed by atoms with Crippen molar-refractivity contribution in [1.29, 1.82) is 0 Å². The highest BCUT2D eigenvalue weighted by Crippen LogP contribution is 2.26. The van der Waals surface area contributed by atoms with Crippen LogP contribution in [-0.2, 0) is 0 Å². The average Bonchev–Trinajstić information content (AvgIpc) is 2.29. The highest BCUT2D eigenvalue weighted by molar-refractivity contribution is 5.90. The molecule has 1 aromatic carbocycles. The van der Waals surface area contributed by atoms with Gasteiger partial charge in [-0.15, -0.1) is 0 Å². The fourth-order valence-corrected chi connectivity index (χ4v) is 1.51. The maximum atomic E-state index is 11.4. The Kier molecular flexibility index (Phi) is 4.58. The Bertz CT molecular complexity index is 374. The molecule has 86 valence electrons. The molecule has 0 aromatic heterocycles. The fraction of sp³-hybridized carbons (Fsp3) is 0.308. The fourth-order valence-electron chi connectivity index (χ4n) is 1.51. The minimum atomic E-state index is -0.259. The third-order valence-electron chi connectivity index (χ3n) is 2.59. The van der Waals surface area contributed by atoms with E-state index in [-0.39, 0.29) is 6.03 Å². The van der Waals surface area contributed by atoms with Crippen molar-refractivity contribution in [2.24, 2.45) is 0 Å². The predicted octanol–water partition coefficient (Wildman–Crippen LogP) is 3.47. The van der Waals surface area contributed by atoms with Crippen LogP contribution in [0.15, 0.2) is 37.0 Å². The van der Waals surface area contributed by atoms with Crippen molar-refractivity contribution >= 4 is 11.7 Å². The van der Waals surface area contributed by atoms with Gasteiger partial charge in [-0.2, -0.15) is 0 Å². The van der Waals surface area contributed by atoms with Crippen LogP contribution in [0.2, 0.25) is 0 Å². The summed E-state index contributed by atoms with van der Waals surface area (Å²) in [5.41, 5.74) is 2.01. The van der Waals surface area contributed by atoms with Crippen LogP contribution in [0.3, 0.4) is 0 Å². The third kappa shape index (κ3) is 3.12. The molecule has 0 aliphatic rings. The summed E-state index contributed by atoms with van der Waals surface area (Å²) in [6.07, 6.45) is 2.41. The second-order valence-electron chi connectivity index (χ2n) is 3.70. The second kappa shape index (κ2) is 5.95. The molecular formula is C13H18N2O. The predicted molar refractivity (Wildman–Crippen MR) is 67.5 cm³/mol. The number of hydrogen-bond acceptors (Lipinski definition) is 1. The molecule has 3 heteroatoms. The van der Waals surface area contributed by atoms with E-state index in [4.69, 9.17) is 0 Å². The first kappa shape index (κ1) is 12.3. The summed E-state index contributed by atoms with van der Waals surface area (Å²) in [7, 11) is 0. The Morgan fingerprint density at radius 1 is 1.50 bits per heavy atom. The average molecular weight is 218 g/mol. The van der Waals surface area contributed by atoms with Gasteiger partial charge in [0, 0.05) is 5.69 Å². The molecule has 16 heavy (non-hydrogen) atoms. The van der Waals surface area contributed by atoms with Crippen LogP contribution in [0.5, 0.6) is 0 Å². The van der Waals surface area contributed by atoms with Gasteiger partial charge < -0.3 is 10.6 Å². The highest BCUT2D eigenvalue weighted by Gasteiger charge is 2.09. The van der Waals surface area contributed by atoms with Gasteiger partial charge in [-0.25, -0.2) is 4.79 Å². The number of para-hydroxylation sites is 1. The molecule has 0 saturated carbocycles. The van der Waals surface area contributed by atoms with Crippen molar-refractivity contribution in [3.63, 3.8) is 0 Å². The summed E-state index contributed by atoms with van der Waals surface area (Å²) in [5.74, 6) is 0.431. The Balaban J connectivity index is 2.86. The van der Waals surface area contributed by atoms with Crippen LogP contribution in [0.4, 0.5) is 10.5 Å². The summed E-state index contributed by atoms with van der Waals surface area (Å²) < 4.78 is 0. The van der Waals surface area contributed by atoms with Crippen molar-refractivity contribution in [3.8, 4) is 0 Å². The summed E-state index contributed by atoms with van der Waals surface area (Å²) in [4.78, 5) is 11.4. The second-order valence-corrected chi connectivity index (χ2v) is 3.70. The van der Waals surface area contributed by atoms with Crippen LogP contribution in [0, 0.1) is 0 Å². The first-order valence-electron chi connectivity index (χ1n) is 5.46. The van der Waals surface area contributed by atoms with Crippen LogP contribution >= 0.6 is 0 Å². The standard InChI is InChI=1S/C13H18N2O/c1-4-10(3)11-8-6-7-9-12(11)15-13(16)14-5-2/h5-10H,2,4H2,1,3H3,(H2,14,15,16). The van der Waals surface area contributed by atoms with Crippen LogP contribution < -0.4 is 10.6 Å². The van der Waals surface area contributed by atoms with E-state index in [2.05, 4.69) is 31.1 Å². The molecule has 0 aliphatic heterocycles. The van der Waals surface area contributed by atoms with E-state index in [1.165, 1.54) is 6.20 Å². The molecule has 1 rings (SSSR count). The van der Waals surface area contributed by atoms with Gasteiger partial charge in [-0.3, -0.25) is 0 Å². The van der Waals surface area contributed by atoms with Crippen molar-refractivity contribution in [2.45, 2.75) is 26.2 Å². The first-order valence-corrected chi connectivity index (χ1v) is 5.46. The Hall–Kier alpha value is -1.77. The number of rotatable bonds is 4. The van der Waals surface area contributed by atoms with Gasteiger partial charge in [0.25, 0.3) is 0 Å². The number of urea groups is 1. The van der Waals surface area contributed by atoms with Crippen LogP contribution in [0.1, 0.15) is 31.7 Å². The topological polar surface area (TPSA) is 41.1 Å². The number of amides is 2. The molecule has 0 heterocycles. The van der Waals surface area contributed by atoms with Crippen LogP contribution in [0.25, 0.3) is 0 Å². The molecule has 3 nitrogen and oxygen atoms in total. The molecule has 2 N–H and O–H groups in total. The summed E-state index contributed by atoms with van der Waals surface area (Å²) in [6.45, 7) is 7.72. The van der Waals surface area contributed by atoms with Crippen molar-refractivity contribution in [1.82, 2.24) is 5.32 Å². The van der Waals surface area contributed by atoms with E-state index in [1.807, 2.05) is 24.3 Å². The molecule has 0 fully saturated rings. The molecule has 2 amide bonds. The zero-order valence-corrected chi connectivity index (χ0v) is 9.79. The maximum absolute atomic E-state index is 11.4. The van der Waals surface area contributed by atoms with Crippen molar-refractivity contribution in [3.05, 3.63) is 42.6 Å². The molecule has 0 spiro atoms.